The average Bonchev–Trinajstić information content (AvgIpc) is 3.22. The Labute approximate surface area is 364 Å². The van der Waals surface area contributed by atoms with E-state index in [-0.39, 0.29) is 47.4 Å². The van der Waals surface area contributed by atoms with Crippen molar-refractivity contribution in [2.75, 3.05) is 51.3 Å². The number of anilines is 1. The molecule has 5 aliphatic heterocycles. The van der Waals surface area contributed by atoms with Crippen molar-refractivity contribution in [2.45, 2.75) is 70.9 Å². The molecule has 64 heavy (non-hydrogen) atoms. The molecule has 1 amide bonds. The molecule has 0 saturated heterocycles. The van der Waals surface area contributed by atoms with Crippen LogP contribution in [0.5, 0.6) is 11.5 Å². The van der Waals surface area contributed by atoms with Gasteiger partial charge in [0.05, 0.1) is 34.5 Å². The first-order valence-electron chi connectivity index (χ1n) is 20.4. The number of amides is 1. The molecule has 0 unspecified atom stereocenters. The lowest BCUT2D eigenvalue weighted by Gasteiger charge is -2.47. The highest BCUT2D eigenvalue weighted by atomic mass is 31.2. The molecule has 0 bridgehead atoms. The van der Waals surface area contributed by atoms with Crippen molar-refractivity contribution in [2.24, 2.45) is 5.11 Å². The minimum Gasteiger partial charge on any atom is -0.606 e. The Kier molecular flexibility index (Phi) is 11.7. The Hall–Kier alpha value is -4.71. The maximum atomic E-state index is 17.2. The molecule has 16 nitrogen and oxygen atoms in total. The topological polar surface area (TPSA) is 224 Å². The first-order valence-corrected chi connectivity index (χ1v) is 23.5. The highest BCUT2D eigenvalue weighted by molar-refractivity contribution is 7.51. The second kappa shape index (κ2) is 16.3. The van der Waals surface area contributed by atoms with Crippen LogP contribution in [0.1, 0.15) is 90.7 Å². The van der Waals surface area contributed by atoms with Crippen LogP contribution in [-0.4, -0.2) is 87.9 Å². The standard InChI is InChI=1S/C42H44F4N6O10P2/c1-41(2)17-21(19-60-63(54,55)56)25-15-27-29(30-31(33(44)35(46)34(45)32(30)43)40(53)50(5)12-8-11-48-49-47)28-16-26-22(20-61-64(57,58)59)18-42(3,4)52-14-7-10-24(37(26)52)39(28)62-38(27)23-9-6-13-51(41)36(23)25/h15-18H,6-14,19-20H2,1-5H3,(H3-,54,55,56,57,58,59)/p+1. The zero-order valence-corrected chi connectivity index (χ0v) is 37.2. The van der Waals surface area contributed by atoms with Crippen molar-refractivity contribution in [3.8, 4) is 11.5 Å². The summed E-state index contributed by atoms with van der Waals surface area (Å²) in [6.45, 7) is 7.30. The Bertz CT molecular complexity index is 2850. The molecule has 340 valence electrons. The number of hydrogen-bond donors (Lipinski definition) is 4. The fourth-order valence-electron chi connectivity index (χ4n) is 9.81. The van der Waals surface area contributed by atoms with E-state index in [0.29, 0.717) is 83.2 Å². The third kappa shape index (κ3) is 7.93. The van der Waals surface area contributed by atoms with E-state index in [1.165, 1.54) is 19.2 Å². The van der Waals surface area contributed by atoms with Crippen LogP contribution in [0.3, 0.4) is 0 Å². The van der Waals surface area contributed by atoms with Gasteiger partial charge < -0.3 is 29.2 Å². The van der Waals surface area contributed by atoms with Gasteiger partial charge in [-0.15, -0.1) is 0 Å². The number of rotatable bonds is 12. The van der Waals surface area contributed by atoms with E-state index in [0.717, 1.165) is 4.90 Å². The summed E-state index contributed by atoms with van der Waals surface area (Å²) in [6, 6.07) is 3.03. The summed E-state index contributed by atoms with van der Waals surface area (Å²) in [7, 11) is -8.83. The first kappa shape index (κ1) is 45.8. The molecule has 0 atom stereocenters. The van der Waals surface area contributed by atoms with Crippen LogP contribution in [-0.2, 0) is 26.5 Å². The van der Waals surface area contributed by atoms with Crippen molar-refractivity contribution in [1.82, 2.24) is 9.48 Å². The SMILES string of the molecule is CN(CCCN=[N+]=[N-])C(=O)c1c(F)c(F)c(F)c(F)c1C1=c2cc3c4c(c2Oc2c1cc1c5c2CCCN5C(C)(C)C=C1COP(=O)(O)O)CCC[N+]=4C(C)(C)C=C3CO[P+]([O-])(O)O. The van der Waals surface area contributed by atoms with E-state index in [1.807, 2.05) is 27.7 Å². The predicted molar refractivity (Wildman–Crippen MR) is 225 cm³/mol. The fourth-order valence-corrected chi connectivity index (χ4v) is 10.4. The lowest BCUT2D eigenvalue weighted by atomic mass is 9.78. The van der Waals surface area contributed by atoms with Gasteiger partial charge in [0.2, 0.25) is 5.36 Å². The van der Waals surface area contributed by atoms with Gasteiger partial charge in [-0.05, 0) is 74.4 Å². The lowest BCUT2D eigenvalue weighted by molar-refractivity contribution is -0.235. The molecule has 0 spiro atoms. The number of phosphoric ester groups is 2. The molecular weight excluding hydrogens is 886 g/mol. The highest BCUT2D eigenvalue weighted by Crippen LogP contribution is 2.54. The number of nitrogens with zero attached hydrogens (tertiary/aromatic N) is 6. The van der Waals surface area contributed by atoms with Gasteiger partial charge in [0, 0.05) is 84.9 Å². The monoisotopic (exact) mass is 931 g/mol. The number of fused-ring (bicyclic) bond motifs is 4. The van der Waals surface area contributed by atoms with E-state index < -0.39 is 80.6 Å². The summed E-state index contributed by atoms with van der Waals surface area (Å²) in [5.74, 6) is -9.27. The largest absolute Gasteiger partial charge is 0.606 e. The molecular formula is C42H45F4N6O10P2+. The van der Waals surface area contributed by atoms with Crippen molar-refractivity contribution in [3.05, 3.63) is 108 Å². The van der Waals surface area contributed by atoms with Gasteiger partial charge in [-0.3, -0.25) is 9.32 Å². The lowest BCUT2D eigenvalue weighted by Crippen LogP contribution is -2.53. The summed E-state index contributed by atoms with van der Waals surface area (Å²) in [6.07, 6.45) is 5.46. The van der Waals surface area contributed by atoms with E-state index >= 15 is 17.6 Å². The number of ether oxygens (including phenoxy) is 1. The summed E-state index contributed by atoms with van der Waals surface area (Å²) >= 11 is 0. The number of azide groups is 1. The third-order valence-corrected chi connectivity index (χ3v) is 13.3. The second-order valence-electron chi connectivity index (χ2n) is 17.5. The normalized spacial score (nSPS) is 17.9. The van der Waals surface area contributed by atoms with Crippen molar-refractivity contribution in [3.63, 3.8) is 0 Å². The molecule has 0 saturated carbocycles. The third-order valence-electron chi connectivity index (χ3n) is 12.4. The van der Waals surface area contributed by atoms with Gasteiger partial charge in [0.15, 0.2) is 28.8 Å². The number of hydrogen-bond acceptors (Lipinski definition) is 10. The quantitative estimate of drug-likeness (QED) is 0.0169. The van der Waals surface area contributed by atoms with Gasteiger partial charge in [-0.2, -0.15) is 14.3 Å². The van der Waals surface area contributed by atoms with E-state index in [9.17, 15) is 33.8 Å². The Morgan fingerprint density at radius 1 is 1.00 bits per heavy atom. The van der Waals surface area contributed by atoms with Crippen LogP contribution in [0, 0.1) is 23.3 Å². The molecule has 3 aromatic rings. The van der Waals surface area contributed by atoms with Crippen LogP contribution in [0.2, 0.25) is 0 Å². The van der Waals surface area contributed by atoms with Crippen molar-refractivity contribution >= 4 is 44.3 Å². The fraction of sp³-hybridized carbons (Fsp3) is 0.429. The Morgan fingerprint density at radius 2 is 1.69 bits per heavy atom. The number of halogens is 4. The first-order chi connectivity index (χ1) is 30.0. The van der Waals surface area contributed by atoms with E-state index in [1.54, 1.807) is 12.2 Å². The molecule has 0 aliphatic carbocycles. The van der Waals surface area contributed by atoms with Crippen molar-refractivity contribution in [1.29, 1.82) is 0 Å². The molecule has 5 heterocycles. The summed E-state index contributed by atoms with van der Waals surface area (Å²) in [4.78, 5) is 71.3. The van der Waals surface area contributed by atoms with Crippen molar-refractivity contribution < 1.29 is 65.2 Å². The van der Waals surface area contributed by atoms with Gasteiger partial charge in [0.1, 0.15) is 24.7 Å². The molecule has 0 fully saturated rings. The number of carbonyl (C=O) groups excluding carboxylic acids is 1. The van der Waals surface area contributed by atoms with Crippen LogP contribution in [0.15, 0.2) is 29.4 Å². The number of carbonyl (C=O) groups is 1. The summed E-state index contributed by atoms with van der Waals surface area (Å²) < 4.78 is 96.4. The minimum atomic E-state index is -5.03. The second-order valence-corrected chi connectivity index (χ2v) is 19.9. The molecule has 22 heteroatoms. The Balaban J connectivity index is 1.54. The van der Waals surface area contributed by atoms with Crippen LogP contribution in [0.25, 0.3) is 27.2 Å². The van der Waals surface area contributed by atoms with Crippen LogP contribution >= 0.6 is 16.0 Å². The van der Waals surface area contributed by atoms with Gasteiger partial charge in [-0.25, -0.2) is 26.7 Å². The molecule has 5 aliphatic rings. The maximum absolute atomic E-state index is 17.2. The number of benzene rings is 3. The van der Waals surface area contributed by atoms with Crippen LogP contribution in [0.4, 0.5) is 23.2 Å². The average molecular weight is 932 g/mol. The zero-order chi connectivity index (χ0) is 46.4. The number of phosphoric acid groups is 2. The molecule has 3 aromatic carbocycles. The summed E-state index contributed by atoms with van der Waals surface area (Å²) in [5, 5.41) is 4.06. The molecule has 0 aromatic heterocycles. The van der Waals surface area contributed by atoms with Gasteiger partial charge in [0.25, 0.3) is 5.91 Å². The minimum absolute atomic E-state index is 0.00204. The smallest absolute Gasteiger partial charge is 0.469 e. The molecule has 4 N–H and O–H groups in total. The predicted octanol–water partition coefficient (Wildman–Crippen LogP) is 5.06. The molecule has 0 radical (unpaired) electrons. The Morgan fingerprint density at radius 3 is 2.38 bits per heavy atom. The van der Waals surface area contributed by atoms with Gasteiger partial charge in [-0.1, -0.05) is 11.2 Å². The highest BCUT2D eigenvalue weighted by Gasteiger charge is 2.45. The summed E-state index contributed by atoms with van der Waals surface area (Å²) in [5.41, 5.74) is 7.98. The van der Waals surface area contributed by atoms with E-state index in [4.69, 9.17) is 19.3 Å². The van der Waals surface area contributed by atoms with Crippen LogP contribution < -0.4 is 29.7 Å². The zero-order valence-electron chi connectivity index (χ0n) is 35.4. The maximum Gasteiger partial charge on any atom is 0.469 e. The van der Waals surface area contributed by atoms with Gasteiger partial charge >= 0.3 is 16.0 Å². The van der Waals surface area contributed by atoms with E-state index in [2.05, 4.69) is 19.5 Å². The molecule has 8 rings (SSSR count).